The third kappa shape index (κ3) is 4.85. The van der Waals surface area contributed by atoms with Gasteiger partial charge in [0.1, 0.15) is 18.1 Å². The molecule has 0 amide bonds. The SMILES string of the molecule is CC(C)C[NH+](Cc1c([O-])ccc2c1O/C(=C\c1ccccc1F)C2=O)CC(C)C. The van der Waals surface area contributed by atoms with Gasteiger partial charge in [-0.15, -0.1) is 0 Å². The summed E-state index contributed by atoms with van der Waals surface area (Å²) >= 11 is 0. The van der Waals surface area contributed by atoms with Gasteiger partial charge in [-0.2, -0.15) is 0 Å². The summed E-state index contributed by atoms with van der Waals surface area (Å²) in [5, 5.41) is 12.6. The number of halogens is 1. The summed E-state index contributed by atoms with van der Waals surface area (Å²) in [6.45, 7) is 11.0. The van der Waals surface area contributed by atoms with Crippen LogP contribution in [0.3, 0.4) is 0 Å². The quantitative estimate of drug-likeness (QED) is 0.730. The summed E-state index contributed by atoms with van der Waals surface area (Å²) in [4.78, 5) is 14.1. The number of nitrogens with one attached hydrogen (secondary N) is 1. The van der Waals surface area contributed by atoms with Crippen LogP contribution in [0.15, 0.2) is 42.2 Å². The van der Waals surface area contributed by atoms with Crippen molar-refractivity contribution in [2.24, 2.45) is 11.8 Å². The van der Waals surface area contributed by atoms with E-state index in [0.29, 0.717) is 35.3 Å². The fraction of sp³-hybridized carbons (Fsp3) is 0.375. The van der Waals surface area contributed by atoms with Gasteiger partial charge in [-0.25, -0.2) is 4.39 Å². The molecule has 0 atom stereocenters. The standard InChI is InChI=1S/C24H28FNO3/c1-15(2)12-26(13-16(3)4)14-19-21(27)10-9-18-23(28)22(29-24(18)19)11-17-7-5-6-8-20(17)25/h5-11,15-16,27H,12-14H2,1-4H3/b22-11-. The van der Waals surface area contributed by atoms with Crippen LogP contribution in [0.2, 0.25) is 0 Å². The third-order valence-electron chi connectivity index (χ3n) is 4.91. The van der Waals surface area contributed by atoms with E-state index in [-0.39, 0.29) is 22.9 Å². The smallest absolute Gasteiger partial charge is 0.231 e. The molecule has 0 aromatic heterocycles. The normalized spacial score (nSPS) is 14.9. The van der Waals surface area contributed by atoms with Crippen LogP contribution in [-0.2, 0) is 6.54 Å². The largest absolute Gasteiger partial charge is 0.872 e. The zero-order valence-electron chi connectivity index (χ0n) is 17.4. The lowest BCUT2D eigenvalue weighted by molar-refractivity contribution is -0.919. The highest BCUT2D eigenvalue weighted by Gasteiger charge is 2.31. The second-order valence-corrected chi connectivity index (χ2v) is 8.50. The van der Waals surface area contributed by atoms with Crippen LogP contribution in [0, 0.1) is 17.7 Å². The second kappa shape index (κ2) is 8.78. The van der Waals surface area contributed by atoms with Crippen molar-refractivity contribution in [1.29, 1.82) is 0 Å². The number of carbonyl (C=O) groups excluding carboxylic acids is 1. The molecule has 0 spiro atoms. The average Bonchev–Trinajstić information content (AvgIpc) is 2.94. The van der Waals surface area contributed by atoms with Gasteiger partial charge in [-0.1, -0.05) is 57.7 Å². The second-order valence-electron chi connectivity index (χ2n) is 8.50. The Hall–Kier alpha value is -2.66. The van der Waals surface area contributed by atoms with E-state index in [9.17, 15) is 14.3 Å². The van der Waals surface area contributed by atoms with Gasteiger partial charge in [0.25, 0.3) is 0 Å². The molecular weight excluding hydrogens is 369 g/mol. The van der Waals surface area contributed by atoms with Gasteiger partial charge in [0, 0.05) is 23.0 Å². The Morgan fingerprint density at radius 2 is 1.72 bits per heavy atom. The minimum absolute atomic E-state index is 0.0474. The van der Waals surface area contributed by atoms with E-state index in [0.717, 1.165) is 13.1 Å². The van der Waals surface area contributed by atoms with E-state index in [1.165, 1.54) is 29.2 Å². The van der Waals surface area contributed by atoms with E-state index in [1.807, 2.05) is 0 Å². The molecule has 4 nitrogen and oxygen atoms in total. The number of hydrogen-bond acceptors (Lipinski definition) is 3. The molecule has 154 valence electrons. The molecule has 29 heavy (non-hydrogen) atoms. The highest BCUT2D eigenvalue weighted by molar-refractivity contribution is 6.14. The van der Waals surface area contributed by atoms with Crippen molar-refractivity contribution in [3.8, 4) is 11.5 Å². The number of ether oxygens (including phenoxy) is 1. The summed E-state index contributed by atoms with van der Waals surface area (Å²) in [5.41, 5.74) is 1.17. The fourth-order valence-corrected chi connectivity index (χ4v) is 3.82. The Morgan fingerprint density at radius 3 is 2.34 bits per heavy atom. The highest BCUT2D eigenvalue weighted by atomic mass is 19.1. The van der Waals surface area contributed by atoms with Gasteiger partial charge in [-0.3, -0.25) is 4.79 Å². The van der Waals surface area contributed by atoms with Crippen molar-refractivity contribution in [3.05, 3.63) is 64.7 Å². The van der Waals surface area contributed by atoms with Crippen LogP contribution in [-0.4, -0.2) is 18.9 Å². The minimum Gasteiger partial charge on any atom is -0.872 e. The van der Waals surface area contributed by atoms with Gasteiger partial charge in [0.2, 0.25) is 5.78 Å². The van der Waals surface area contributed by atoms with Crippen molar-refractivity contribution in [1.82, 2.24) is 0 Å². The Kier molecular flexibility index (Phi) is 6.38. The number of fused-ring (bicyclic) bond motifs is 1. The van der Waals surface area contributed by atoms with E-state index in [4.69, 9.17) is 4.74 Å². The van der Waals surface area contributed by atoms with Gasteiger partial charge in [0.05, 0.1) is 18.7 Å². The van der Waals surface area contributed by atoms with Crippen LogP contribution in [0.4, 0.5) is 4.39 Å². The number of ketones is 1. The van der Waals surface area contributed by atoms with Gasteiger partial charge in [-0.05, 0) is 18.2 Å². The maximum absolute atomic E-state index is 14.0. The molecule has 0 fully saturated rings. The third-order valence-corrected chi connectivity index (χ3v) is 4.91. The molecule has 3 rings (SSSR count). The molecule has 0 radical (unpaired) electrons. The topological polar surface area (TPSA) is 53.8 Å². The zero-order valence-corrected chi connectivity index (χ0v) is 17.4. The molecule has 0 saturated heterocycles. The maximum atomic E-state index is 14.0. The first-order valence-electron chi connectivity index (χ1n) is 10.1. The number of benzene rings is 2. The van der Waals surface area contributed by atoms with E-state index in [2.05, 4.69) is 27.7 Å². The molecule has 2 aromatic carbocycles. The summed E-state index contributed by atoms with van der Waals surface area (Å²) in [6, 6.07) is 9.15. The number of rotatable bonds is 7. The van der Waals surface area contributed by atoms with Gasteiger partial charge < -0.3 is 14.7 Å². The minimum atomic E-state index is -0.429. The highest BCUT2D eigenvalue weighted by Crippen LogP contribution is 2.38. The van der Waals surface area contributed by atoms with Crippen LogP contribution in [0.25, 0.3) is 6.08 Å². The lowest BCUT2D eigenvalue weighted by Crippen LogP contribution is -3.11. The monoisotopic (exact) mass is 397 g/mol. The van der Waals surface area contributed by atoms with Crippen molar-refractivity contribution < 1.29 is 23.9 Å². The van der Waals surface area contributed by atoms with Crippen molar-refractivity contribution in [2.75, 3.05) is 13.1 Å². The first kappa shape index (κ1) is 21.1. The first-order chi connectivity index (χ1) is 13.8. The molecule has 1 heterocycles. The molecule has 5 heteroatoms. The van der Waals surface area contributed by atoms with Crippen molar-refractivity contribution in [3.63, 3.8) is 0 Å². The predicted octanol–water partition coefficient (Wildman–Crippen LogP) is 3.21. The molecule has 0 unspecified atom stereocenters. The van der Waals surface area contributed by atoms with Crippen LogP contribution < -0.4 is 14.7 Å². The number of allylic oxidation sites excluding steroid dienone is 1. The molecule has 1 N–H and O–H groups in total. The van der Waals surface area contributed by atoms with E-state index < -0.39 is 5.82 Å². The molecular formula is C24H28FNO3. The lowest BCUT2D eigenvalue weighted by Gasteiger charge is -2.26. The van der Waals surface area contributed by atoms with Crippen molar-refractivity contribution >= 4 is 11.9 Å². The molecule has 0 saturated carbocycles. The number of carbonyl (C=O) groups is 1. The number of Topliss-reactive ketones (excluding diaryl/α,β-unsaturated/α-hetero) is 1. The summed E-state index contributed by atoms with van der Waals surface area (Å²) in [5.74, 6) is 0.458. The fourth-order valence-electron chi connectivity index (χ4n) is 3.82. The van der Waals surface area contributed by atoms with E-state index >= 15 is 0 Å². The summed E-state index contributed by atoms with van der Waals surface area (Å²) in [6.07, 6.45) is 1.40. The Balaban J connectivity index is 1.94. The summed E-state index contributed by atoms with van der Waals surface area (Å²) in [7, 11) is 0. The molecule has 0 aliphatic carbocycles. The number of quaternary nitrogens is 1. The summed E-state index contributed by atoms with van der Waals surface area (Å²) < 4.78 is 19.8. The van der Waals surface area contributed by atoms with Crippen LogP contribution in [0.5, 0.6) is 11.5 Å². The molecule has 1 aliphatic rings. The first-order valence-corrected chi connectivity index (χ1v) is 10.1. The van der Waals surface area contributed by atoms with E-state index in [1.54, 1.807) is 18.2 Å². The van der Waals surface area contributed by atoms with Crippen LogP contribution >= 0.6 is 0 Å². The van der Waals surface area contributed by atoms with Gasteiger partial charge in [0.15, 0.2) is 5.76 Å². The Morgan fingerprint density at radius 1 is 1.07 bits per heavy atom. The molecule has 2 aromatic rings. The molecule has 0 bridgehead atoms. The Labute approximate surface area is 171 Å². The predicted molar refractivity (Wildman–Crippen MR) is 109 cm³/mol. The molecule has 1 aliphatic heterocycles. The average molecular weight is 397 g/mol. The Bertz CT molecular complexity index is 924. The van der Waals surface area contributed by atoms with Gasteiger partial charge >= 0.3 is 0 Å². The number of hydrogen-bond donors (Lipinski definition) is 1. The van der Waals surface area contributed by atoms with Crippen molar-refractivity contribution in [2.45, 2.75) is 34.2 Å². The lowest BCUT2D eigenvalue weighted by atomic mass is 10.0. The van der Waals surface area contributed by atoms with Crippen LogP contribution in [0.1, 0.15) is 49.2 Å². The zero-order chi connectivity index (χ0) is 21.1. The maximum Gasteiger partial charge on any atom is 0.231 e.